The fourth-order valence-electron chi connectivity index (χ4n) is 4.90. The summed E-state index contributed by atoms with van der Waals surface area (Å²) in [6.45, 7) is 3.14. The Morgan fingerprint density at radius 3 is 2.41 bits per heavy atom. The summed E-state index contributed by atoms with van der Waals surface area (Å²) in [6.07, 6.45) is 8.84. The van der Waals surface area contributed by atoms with Crippen molar-refractivity contribution in [2.45, 2.75) is 38.0 Å². The molecule has 2 amide bonds. The van der Waals surface area contributed by atoms with E-state index in [0.29, 0.717) is 11.5 Å². The van der Waals surface area contributed by atoms with Crippen molar-refractivity contribution in [2.24, 2.45) is 0 Å². The molecule has 2 aromatic heterocycles. The molecular formula is C25H27BrN4O2. The third-order valence-corrected chi connectivity index (χ3v) is 7.24. The standard InChI is InChI=1S/C25H27BrN4O2/c26-21-6-4-5-20(15-21)24(31)29-12-7-18(8-13-29)19-9-14-30-23(16-19)22(17-27-30)25(32)28-10-2-1-3-11-28/h4-6,9,14-18H,1-3,7-8,10-13H2. The highest BCUT2D eigenvalue weighted by atomic mass is 79.9. The smallest absolute Gasteiger partial charge is 0.257 e. The van der Waals surface area contributed by atoms with Gasteiger partial charge in [-0.3, -0.25) is 9.59 Å². The van der Waals surface area contributed by atoms with Crippen molar-refractivity contribution < 1.29 is 9.59 Å². The first-order chi connectivity index (χ1) is 15.6. The van der Waals surface area contributed by atoms with E-state index in [9.17, 15) is 9.59 Å². The second kappa shape index (κ2) is 9.06. The van der Waals surface area contributed by atoms with Gasteiger partial charge in [0, 0.05) is 42.4 Å². The van der Waals surface area contributed by atoms with Crippen LogP contribution in [0.4, 0.5) is 0 Å². The highest BCUT2D eigenvalue weighted by Gasteiger charge is 2.26. The number of pyridine rings is 1. The summed E-state index contributed by atoms with van der Waals surface area (Å²) in [6, 6.07) is 11.8. The average Bonchev–Trinajstić information content (AvgIpc) is 3.27. The molecule has 0 radical (unpaired) electrons. The van der Waals surface area contributed by atoms with E-state index < -0.39 is 0 Å². The van der Waals surface area contributed by atoms with Crippen LogP contribution in [0.3, 0.4) is 0 Å². The van der Waals surface area contributed by atoms with E-state index in [1.165, 1.54) is 12.0 Å². The number of nitrogens with zero attached hydrogens (tertiary/aromatic N) is 4. The fraction of sp³-hybridized carbons (Fsp3) is 0.400. The predicted octanol–water partition coefficient (Wildman–Crippen LogP) is 4.74. The van der Waals surface area contributed by atoms with Crippen LogP contribution in [0.2, 0.25) is 0 Å². The number of piperidine rings is 2. The molecule has 32 heavy (non-hydrogen) atoms. The summed E-state index contributed by atoms with van der Waals surface area (Å²) in [5, 5.41) is 4.41. The van der Waals surface area contributed by atoms with E-state index >= 15 is 0 Å². The summed E-state index contributed by atoms with van der Waals surface area (Å²) < 4.78 is 2.72. The highest BCUT2D eigenvalue weighted by molar-refractivity contribution is 9.10. The van der Waals surface area contributed by atoms with Crippen molar-refractivity contribution in [1.82, 2.24) is 19.4 Å². The van der Waals surface area contributed by atoms with Gasteiger partial charge in [-0.25, -0.2) is 4.52 Å². The van der Waals surface area contributed by atoms with E-state index in [0.717, 1.165) is 67.4 Å². The van der Waals surface area contributed by atoms with Gasteiger partial charge in [-0.1, -0.05) is 22.0 Å². The molecule has 6 nitrogen and oxygen atoms in total. The van der Waals surface area contributed by atoms with E-state index in [-0.39, 0.29) is 11.8 Å². The minimum absolute atomic E-state index is 0.0883. The zero-order chi connectivity index (χ0) is 22.1. The molecule has 3 aromatic rings. The zero-order valence-electron chi connectivity index (χ0n) is 18.0. The van der Waals surface area contributed by atoms with Crippen LogP contribution in [0.25, 0.3) is 5.52 Å². The largest absolute Gasteiger partial charge is 0.339 e. The third-order valence-electron chi connectivity index (χ3n) is 6.74. The highest BCUT2D eigenvalue weighted by Crippen LogP contribution is 2.30. The fourth-order valence-corrected chi connectivity index (χ4v) is 5.30. The Morgan fingerprint density at radius 2 is 1.66 bits per heavy atom. The Labute approximate surface area is 196 Å². The molecule has 4 heterocycles. The molecular weight excluding hydrogens is 468 g/mol. The van der Waals surface area contributed by atoms with Gasteiger partial charge >= 0.3 is 0 Å². The summed E-state index contributed by atoms with van der Waals surface area (Å²) in [5.41, 5.74) is 3.52. The summed E-state index contributed by atoms with van der Waals surface area (Å²) in [4.78, 5) is 29.8. The minimum atomic E-state index is 0.0883. The van der Waals surface area contributed by atoms with Gasteiger partial charge in [0.25, 0.3) is 11.8 Å². The summed E-state index contributed by atoms with van der Waals surface area (Å²) in [5.74, 6) is 0.552. The number of aromatic nitrogens is 2. The first kappa shape index (κ1) is 21.2. The van der Waals surface area contributed by atoms with Crippen molar-refractivity contribution in [3.05, 3.63) is 70.0 Å². The van der Waals surface area contributed by atoms with Gasteiger partial charge in [-0.15, -0.1) is 0 Å². The van der Waals surface area contributed by atoms with Crippen LogP contribution < -0.4 is 0 Å². The normalized spacial score (nSPS) is 17.7. The SMILES string of the molecule is O=C(c1cccc(Br)c1)N1CCC(c2ccn3ncc(C(=O)N4CCCCC4)c3c2)CC1. The number of carbonyl (C=O) groups excluding carboxylic acids is 2. The third kappa shape index (κ3) is 4.18. The molecule has 7 heteroatoms. The van der Waals surface area contributed by atoms with Crippen LogP contribution in [-0.2, 0) is 0 Å². The number of benzene rings is 1. The maximum absolute atomic E-state index is 13.1. The molecule has 2 saturated heterocycles. The van der Waals surface area contributed by atoms with Crippen molar-refractivity contribution in [3.8, 4) is 0 Å². The van der Waals surface area contributed by atoms with Crippen LogP contribution in [0, 0.1) is 0 Å². The molecule has 0 aliphatic carbocycles. The summed E-state index contributed by atoms with van der Waals surface area (Å²) >= 11 is 3.45. The molecule has 0 bridgehead atoms. The number of hydrogen-bond acceptors (Lipinski definition) is 3. The van der Waals surface area contributed by atoms with Crippen molar-refractivity contribution >= 4 is 33.3 Å². The molecule has 2 fully saturated rings. The van der Waals surface area contributed by atoms with Gasteiger partial charge in [-0.2, -0.15) is 5.10 Å². The molecule has 166 valence electrons. The van der Waals surface area contributed by atoms with Crippen LogP contribution in [0.15, 0.2) is 53.3 Å². The van der Waals surface area contributed by atoms with Crippen molar-refractivity contribution in [1.29, 1.82) is 0 Å². The van der Waals surface area contributed by atoms with Gasteiger partial charge in [0.15, 0.2) is 0 Å². The van der Waals surface area contributed by atoms with E-state index in [4.69, 9.17) is 0 Å². The lowest BCUT2D eigenvalue weighted by atomic mass is 9.89. The molecule has 2 aliphatic heterocycles. The molecule has 1 aromatic carbocycles. The predicted molar refractivity (Wildman–Crippen MR) is 127 cm³/mol. The molecule has 0 unspecified atom stereocenters. The van der Waals surface area contributed by atoms with Gasteiger partial charge in [0.1, 0.15) is 0 Å². The number of amides is 2. The lowest BCUT2D eigenvalue weighted by molar-refractivity contribution is 0.0709. The molecule has 0 spiro atoms. The number of halogens is 1. The van der Waals surface area contributed by atoms with E-state index in [1.54, 1.807) is 10.7 Å². The Kier molecular flexibility index (Phi) is 6.00. The van der Waals surface area contributed by atoms with Crippen molar-refractivity contribution in [3.63, 3.8) is 0 Å². The first-order valence-electron chi connectivity index (χ1n) is 11.4. The van der Waals surface area contributed by atoms with Crippen LogP contribution in [-0.4, -0.2) is 57.4 Å². The number of hydrogen-bond donors (Lipinski definition) is 0. The van der Waals surface area contributed by atoms with Crippen LogP contribution >= 0.6 is 15.9 Å². The second-order valence-electron chi connectivity index (χ2n) is 8.78. The quantitative estimate of drug-likeness (QED) is 0.528. The van der Waals surface area contributed by atoms with E-state index in [2.05, 4.69) is 33.2 Å². The molecule has 0 N–H and O–H groups in total. The van der Waals surface area contributed by atoms with Crippen molar-refractivity contribution in [2.75, 3.05) is 26.2 Å². The topological polar surface area (TPSA) is 57.9 Å². The van der Waals surface area contributed by atoms with Crippen LogP contribution in [0.1, 0.15) is 64.3 Å². The Hall–Kier alpha value is -2.67. The Balaban J connectivity index is 1.30. The van der Waals surface area contributed by atoms with E-state index in [1.807, 2.05) is 40.3 Å². The molecule has 5 rings (SSSR count). The lowest BCUT2D eigenvalue weighted by Gasteiger charge is -2.32. The Bertz CT molecular complexity index is 1140. The second-order valence-corrected chi connectivity index (χ2v) is 9.69. The molecule has 2 aliphatic rings. The number of carbonyl (C=O) groups is 2. The number of likely N-dealkylation sites (tertiary alicyclic amines) is 2. The van der Waals surface area contributed by atoms with Gasteiger partial charge in [0.05, 0.1) is 17.3 Å². The maximum Gasteiger partial charge on any atom is 0.257 e. The summed E-state index contributed by atoms with van der Waals surface area (Å²) in [7, 11) is 0. The molecule has 0 saturated carbocycles. The minimum Gasteiger partial charge on any atom is -0.339 e. The van der Waals surface area contributed by atoms with Crippen LogP contribution in [0.5, 0.6) is 0 Å². The van der Waals surface area contributed by atoms with Gasteiger partial charge in [0.2, 0.25) is 0 Å². The average molecular weight is 495 g/mol. The maximum atomic E-state index is 13.1. The number of rotatable bonds is 3. The Morgan fingerprint density at radius 1 is 0.906 bits per heavy atom. The number of fused-ring (bicyclic) bond motifs is 1. The first-order valence-corrected chi connectivity index (χ1v) is 12.2. The lowest BCUT2D eigenvalue weighted by Crippen LogP contribution is -2.38. The van der Waals surface area contributed by atoms with Gasteiger partial charge in [-0.05, 0) is 73.9 Å². The zero-order valence-corrected chi connectivity index (χ0v) is 19.6. The van der Waals surface area contributed by atoms with Gasteiger partial charge < -0.3 is 9.80 Å². The molecule has 0 atom stereocenters. The monoisotopic (exact) mass is 494 g/mol.